The SMILES string of the molecule is C[C@@H]1CN(Cc2ccc(C(N)=O)cc2F)CCN1. The number of halogens is 1. The van der Waals surface area contributed by atoms with E-state index in [2.05, 4.69) is 17.1 Å². The number of primary amides is 1. The summed E-state index contributed by atoms with van der Waals surface area (Å²) in [6.07, 6.45) is 0. The van der Waals surface area contributed by atoms with Crippen molar-refractivity contribution in [1.29, 1.82) is 0 Å². The van der Waals surface area contributed by atoms with E-state index in [1.807, 2.05) is 0 Å². The molecule has 0 aliphatic carbocycles. The Kier molecular flexibility index (Phi) is 3.93. The zero-order valence-electron chi connectivity index (χ0n) is 10.4. The number of nitrogens with two attached hydrogens (primary N) is 1. The third-order valence-electron chi connectivity index (χ3n) is 3.18. The molecule has 4 nitrogen and oxygen atoms in total. The molecule has 0 saturated carbocycles. The van der Waals surface area contributed by atoms with Crippen molar-refractivity contribution in [3.05, 3.63) is 35.1 Å². The van der Waals surface area contributed by atoms with E-state index in [1.54, 1.807) is 12.1 Å². The Morgan fingerprint density at radius 1 is 1.61 bits per heavy atom. The first kappa shape index (κ1) is 13.0. The second-order valence-corrected chi connectivity index (χ2v) is 4.76. The van der Waals surface area contributed by atoms with Gasteiger partial charge in [-0.25, -0.2) is 4.39 Å². The molecule has 3 N–H and O–H groups in total. The molecule has 1 aromatic carbocycles. The fraction of sp³-hybridized carbons (Fsp3) is 0.462. The third kappa shape index (κ3) is 3.05. The first-order valence-electron chi connectivity index (χ1n) is 6.10. The first-order chi connectivity index (χ1) is 8.56. The normalized spacial score (nSPS) is 20.9. The molecule has 0 radical (unpaired) electrons. The quantitative estimate of drug-likeness (QED) is 0.832. The minimum atomic E-state index is -0.601. The molecule has 5 heteroatoms. The maximum Gasteiger partial charge on any atom is 0.248 e. The lowest BCUT2D eigenvalue weighted by atomic mass is 10.1. The highest BCUT2D eigenvalue weighted by atomic mass is 19.1. The maximum absolute atomic E-state index is 13.8. The van der Waals surface area contributed by atoms with Gasteiger partial charge in [0.15, 0.2) is 0 Å². The van der Waals surface area contributed by atoms with Crippen molar-refractivity contribution in [1.82, 2.24) is 10.2 Å². The van der Waals surface area contributed by atoms with E-state index >= 15 is 0 Å². The smallest absolute Gasteiger partial charge is 0.248 e. The van der Waals surface area contributed by atoms with Crippen LogP contribution in [0.25, 0.3) is 0 Å². The number of nitrogens with one attached hydrogen (secondary N) is 1. The van der Waals surface area contributed by atoms with E-state index in [0.29, 0.717) is 18.2 Å². The predicted octanol–water partition coefficient (Wildman–Crippen LogP) is 0.718. The summed E-state index contributed by atoms with van der Waals surface area (Å²) in [5.74, 6) is -0.964. The molecule has 1 atom stereocenters. The van der Waals surface area contributed by atoms with Crippen LogP contribution < -0.4 is 11.1 Å². The van der Waals surface area contributed by atoms with Gasteiger partial charge in [-0.05, 0) is 19.1 Å². The highest BCUT2D eigenvalue weighted by Gasteiger charge is 2.17. The number of hydrogen-bond donors (Lipinski definition) is 2. The largest absolute Gasteiger partial charge is 0.366 e. The summed E-state index contributed by atoms with van der Waals surface area (Å²) in [5.41, 5.74) is 5.93. The van der Waals surface area contributed by atoms with Crippen LogP contribution in [-0.2, 0) is 6.54 Å². The van der Waals surface area contributed by atoms with Crippen LogP contribution in [-0.4, -0.2) is 36.5 Å². The Labute approximate surface area is 106 Å². The van der Waals surface area contributed by atoms with Gasteiger partial charge in [0.25, 0.3) is 0 Å². The Balaban J connectivity index is 2.07. The van der Waals surface area contributed by atoms with Crippen LogP contribution >= 0.6 is 0 Å². The lowest BCUT2D eigenvalue weighted by molar-refractivity contribution is 0.1000. The van der Waals surface area contributed by atoms with E-state index in [4.69, 9.17) is 5.73 Å². The van der Waals surface area contributed by atoms with Gasteiger partial charge in [0, 0.05) is 43.3 Å². The van der Waals surface area contributed by atoms with Gasteiger partial charge >= 0.3 is 0 Å². The Bertz CT molecular complexity index is 450. The minimum absolute atomic E-state index is 0.213. The molecule has 1 heterocycles. The number of carbonyl (C=O) groups is 1. The summed E-state index contributed by atoms with van der Waals surface area (Å²) in [5, 5.41) is 3.34. The molecular formula is C13H18FN3O. The fourth-order valence-electron chi connectivity index (χ4n) is 2.23. The topological polar surface area (TPSA) is 58.4 Å². The minimum Gasteiger partial charge on any atom is -0.366 e. The zero-order chi connectivity index (χ0) is 13.1. The monoisotopic (exact) mass is 251 g/mol. The van der Waals surface area contributed by atoms with Crippen LogP contribution in [0.2, 0.25) is 0 Å². The number of piperazine rings is 1. The van der Waals surface area contributed by atoms with E-state index in [1.165, 1.54) is 6.07 Å². The molecule has 0 aromatic heterocycles. The van der Waals surface area contributed by atoms with Crippen LogP contribution in [0.1, 0.15) is 22.8 Å². The molecule has 2 rings (SSSR count). The molecule has 1 fully saturated rings. The Morgan fingerprint density at radius 3 is 3.00 bits per heavy atom. The van der Waals surface area contributed by atoms with Crippen molar-refractivity contribution in [2.45, 2.75) is 19.5 Å². The summed E-state index contributed by atoms with van der Waals surface area (Å²) in [6, 6.07) is 4.85. The number of carbonyl (C=O) groups excluding carboxylic acids is 1. The number of nitrogens with zero attached hydrogens (tertiary/aromatic N) is 1. The van der Waals surface area contributed by atoms with Gasteiger partial charge in [-0.2, -0.15) is 0 Å². The van der Waals surface area contributed by atoms with Gasteiger partial charge in [0.1, 0.15) is 5.82 Å². The molecule has 0 bridgehead atoms. The van der Waals surface area contributed by atoms with Gasteiger partial charge in [0.2, 0.25) is 5.91 Å². The molecule has 98 valence electrons. The van der Waals surface area contributed by atoms with Crippen molar-refractivity contribution in [3.63, 3.8) is 0 Å². The average molecular weight is 251 g/mol. The summed E-state index contributed by atoms with van der Waals surface area (Å²) in [6.45, 7) is 5.40. The van der Waals surface area contributed by atoms with Gasteiger partial charge in [0.05, 0.1) is 0 Å². The van der Waals surface area contributed by atoms with Crippen molar-refractivity contribution < 1.29 is 9.18 Å². The molecule has 18 heavy (non-hydrogen) atoms. The van der Waals surface area contributed by atoms with Gasteiger partial charge in [-0.3, -0.25) is 9.69 Å². The number of hydrogen-bond acceptors (Lipinski definition) is 3. The van der Waals surface area contributed by atoms with Crippen LogP contribution in [0.5, 0.6) is 0 Å². The molecule has 1 amide bonds. The second-order valence-electron chi connectivity index (χ2n) is 4.76. The standard InChI is InChI=1S/C13H18FN3O/c1-9-7-17(5-4-16-9)8-11-3-2-10(13(15)18)6-12(11)14/h2-3,6,9,16H,4-5,7-8H2,1H3,(H2,15,18)/t9-/m1/s1. The van der Waals surface area contributed by atoms with E-state index < -0.39 is 5.91 Å². The Morgan fingerprint density at radius 2 is 2.39 bits per heavy atom. The first-order valence-corrected chi connectivity index (χ1v) is 6.10. The van der Waals surface area contributed by atoms with Crippen LogP contribution in [0, 0.1) is 5.82 Å². The Hall–Kier alpha value is -1.46. The maximum atomic E-state index is 13.8. The lowest BCUT2D eigenvalue weighted by Crippen LogP contribution is -2.48. The van der Waals surface area contributed by atoms with E-state index in [-0.39, 0.29) is 11.4 Å². The molecule has 0 unspecified atom stereocenters. The summed E-state index contributed by atoms with van der Waals surface area (Å²) < 4.78 is 13.8. The van der Waals surface area contributed by atoms with Gasteiger partial charge < -0.3 is 11.1 Å². The molecule has 1 aromatic rings. The molecule has 1 aliphatic rings. The second kappa shape index (κ2) is 5.46. The van der Waals surface area contributed by atoms with E-state index in [0.717, 1.165) is 19.6 Å². The predicted molar refractivity (Wildman–Crippen MR) is 67.7 cm³/mol. The van der Waals surface area contributed by atoms with Crippen molar-refractivity contribution in [2.75, 3.05) is 19.6 Å². The molecule has 1 saturated heterocycles. The summed E-state index contributed by atoms with van der Waals surface area (Å²) >= 11 is 0. The molecular weight excluding hydrogens is 233 g/mol. The lowest BCUT2D eigenvalue weighted by Gasteiger charge is -2.31. The zero-order valence-corrected chi connectivity index (χ0v) is 10.4. The van der Waals surface area contributed by atoms with Crippen molar-refractivity contribution >= 4 is 5.91 Å². The van der Waals surface area contributed by atoms with Crippen LogP contribution in [0.15, 0.2) is 18.2 Å². The molecule has 1 aliphatic heterocycles. The third-order valence-corrected chi connectivity index (χ3v) is 3.18. The van der Waals surface area contributed by atoms with Crippen molar-refractivity contribution in [2.24, 2.45) is 5.73 Å². The van der Waals surface area contributed by atoms with E-state index in [9.17, 15) is 9.18 Å². The fourth-order valence-corrected chi connectivity index (χ4v) is 2.23. The van der Waals surface area contributed by atoms with Crippen LogP contribution in [0.3, 0.4) is 0 Å². The summed E-state index contributed by atoms with van der Waals surface area (Å²) in [7, 11) is 0. The van der Waals surface area contributed by atoms with Gasteiger partial charge in [-0.15, -0.1) is 0 Å². The number of benzene rings is 1. The summed E-state index contributed by atoms with van der Waals surface area (Å²) in [4.78, 5) is 13.1. The molecule has 0 spiro atoms. The number of amides is 1. The van der Waals surface area contributed by atoms with Gasteiger partial charge in [-0.1, -0.05) is 6.07 Å². The average Bonchev–Trinajstić information content (AvgIpc) is 2.31. The van der Waals surface area contributed by atoms with Crippen LogP contribution in [0.4, 0.5) is 4.39 Å². The number of rotatable bonds is 3. The van der Waals surface area contributed by atoms with Crippen molar-refractivity contribution in [3.8, 4) is 0 Å². The highest BCUT2D eigenvalue weighted by molar-refractivity contribution is 5.92. The highest BCUT2D eigenvalue weighted by Crippen LogP contribution is 2.14.